The van der Waals surface area contributed by atoms with E-state index in [-0.39, 0.29) is 18.1 Å². The van der Waals surface area contributed by atoms with Gasteiger partial charge in [-0.1, -0.05) is 30.3 Å². The largest absolute Gasteiger partial charge is 0.468 e. The summed E-state index contributed by atoms with van der Waals surface area (Å²) in [6, 6.07) is 12.2. The number of carbonyl (C=O) groups is 1. The van der Waals surface area contributed by atoms with Gasteiger partial charge >= 0.3 is 12.1 Å². The first-order valence-corrected chi connectivity index (χ1v) is 8.27. The number of benzene rings is 1. The van der Waals surface area contributed by atoms with Gasteiger partial charge in [-0.2, -0.15) is 13.2 Å². The minimum Gasteiger partial charge on any atom is -0.468 e. The predicted octanol–water partition coefficient (Wildman–Crippen LogP) is 3.62. The summed E-state index contributed by atoms with van der Waals surface area (Å²) >= 11 is 0. The fraction of sp³-hybridized carbons (Fsp3) is 0.211. The van der Waals surface area contributed by atoms with Crippen molar-refractivity contribution >= 4 is 5.97 Å². The van der Waals surface area contributed by atoms with Crippen LogP contribution in [0.5, 0.6) is 5.88 Å². The molecule has 6 nitrogen and oxygen atoms in total. The highest BCUT2D eigenvalue weighted by Gasteiger charge is 2.28. The van der Waals surface area contributed by atoms with Crippen molar-refractivity contribution in [2.45, 2.75) is 19.3 Å². The number of rotatable bonds is 7. The summed E-state index contributed by atoms with van der Waals surface area (Å²) in [7, 11) is 0. The minimum atomic E-state index is -4.46. The van der Waals surface area contributed by atoms with Crippen molar-refractivity contribution in [1.29, 1.82) is 0 Å². The number of hydrogen-bond acceptors (Lipinski definition) is 5. The smallest absolute Gasteiger partial charge is 0.422 e. The molecule has 9 heteroatoms. The summed E-state index contributed by atoms with van der Waals surface area (Å²) in [4.78, 5) is 20.0. The molecule has 0 spiro atoms. The van der Waals surface area contributed by atoms with Crippen LogP contribution in [0.3, 0.4) is 0 Å². The molecule has 0 atom stereocenters. The Bertz CT molecular complexity index is 909. The fourth-order valence-corrected chi connectivity index (χ4v) is 2.36. The highest BCUT2D eigenvalue weighted by molar-refractivity contribution is 5.89. The van der Waals surface area contributed by atoms with E-state index in [1.807, 2.05) is 34.9 Å². The molecule has 0 radical (unpaired) electrons. The van der Waals surface area contributed by atoms with Gasteiger partial charge in [0, 0.05) is 31.2 Å². The van der Waals surface area contributed by atoms with Crippen molar-refractivity contribution < 1.29 is 27.4 Å². The zero-order chi connectivity index (χ0) is 20.0. The molecule has 0 amide bonds. The number of nitrogens with zero attached hydrogens (tertiary/aromatic N) is 3. The molecule has 0 saturated heterocycles. The Balaban J connectivity index is 1.55. The van der Waals surface area contributed by atoms with Gasteiger partial charge in [-0.25, -0.2) is 14.8 Å². The van der Waals surface area contributed by atoms with E-state index in [2.05, 4.69) is 14.7 Å². The van der Waals surface area contributed by atoms with Gasteiger partial charge < -0.3 is 14.0 Å². The van der Waals surface area contributed by atoms with Gasteiger partial charge in [0.15, 0.2) is 6.61 Å². The molecule has 2 heterocycles. The van der Waals surface area contributed by atoms with Gasteiger partial charge in [0.2, 0.25) is 5.88 Å². The summed E-state index contributed by atoms with van der Waals surface area (Å²) in [5.74, 6) is -0.327. The number of ether oxygens (including phenoxy) is 2. The molecular weight excluding hydrogens is 375 g/mol. The molecule has 0 fully saturated rings. The van der Waals surface area contributed by atoms with Crippen LogP contribution in [0.1, 0.15) is 21.7 Å². The van der Waals surface area contributed by atoms with Gasteiger partial charge in [0.25, 0.3) is 0 Å². The summed E-state index contributed by atoms with van der Waals surface area (Å²) in [6.45, 7) is -0.917. The van der Waals surface area contributed by atoms with Crippen LogP contribution < -0.4 is 4.74 Å². The molecule has 0 N–H and O–H groups in total. The van der Waals surface area contributed by atoms with Crippen molar-refractivity contribution in [3.63, 3.8) is 0 Å². The molecule has 28 heavy (non-hydrogen) atoms. The normalized spacial score (nSPS) is 11.2. The van der Waals surface area contributed by atoms with Crippen LogP contribution >= 0.6 is 0 Å². The summed E-state index contributed by atoms with van der Waals surface area (Å²) in [6.07, 6.45) is 0.0381. The Kier molecular flexibility index (Phi) is 5.93. The Labute approximate surface area is 158 Å². The number of aromatic nitrogens is 3. The highest BCUT2D eigenvalue weighted by atomic mass is 19.4. The number of alkyl halides is 3. The molecule has 3 rings (SSSR count). The molecule has 0 aliphatic heterocycles. The quantitative estimate of drug-likeness (QED) is 0.576. The molecule has 3 aromatic rings. The Morgan fingerprint density at radius 3 is 2.54 bits per heavy atom. The number of imidazole rings is 1. The Morgan fingerprint density at radius 2 is 1.86 bits per heavy atom. The third kappa shape index (κ3) is 5.57. The molecule has 146 valence electrons. The third-order valence-corrected chi connectivity index (χ3v) is 3.69. The second kappa shape index (κ2) is 8.55. The topological polar surface area (TPSA) is 66.2 Å². The number of halogens is 3. The maximum atomic E-state index is 12.1. The standard InChI is InChI=1S/C19H16F3N3O3/c20-19(21,22)13-28-17-7-6-15(10-24-17)18(26)27-12-16-23-8-9-25(16)11-14-4-2-1-3-5-14/h1-10H,11-13H2. The van der Waals surface area contributed by atoms with Gasteiger partial charge in [-0.05, 0) is 11.6 Å². The van der Waals surface area contributed by atoms with Crippen LogP contribution in [0.4, 0.5) is 13.2 Å². The molecule has 0 unspecified atom stereocenters. The lowest BCUT2D eigenvalue weighted by Gasteiger charge is -2.10. The van der Waals surface area contributed by atoms with E-state index in [1.54, 1.807) is 12.4 Å². The van der Waals surface area contributed by atoms with Crippen LogP contribution in [0.15, 0.2) is 61.1 Å². The van der Waals surface area contributed by atoms with E-state index < -0.39 is 18.8 Å². The van der Waals surface area contributed by atoms with Gasteiger partial charge in [0.05, 0.1) is 5.56 Å². The van der Waals surface area contributed by atoms with Crippen molar-refractivity contribution in [3.05, 3.63) is 78.0 Å². The van der Waals surface area contributed by atoms with Crippen LogP contribution in [0.2, 0.25) is 0 Å². The predicted molar refractivity (Wildman–Crippen MR) is 92.7 cm³/mol. The van der Waals surface area contributed by atoms with Crippen molar-refractivity contribution in [2.24, 2.45) is 0 Å². The van der Waals surface area contributed by atoms with Gasteiger partial charge in [0.1, 0.15) is 12.4 Å². The molecule has 0 aliphatic carbocycles. The van der Waals surface area contributed by atoms with E-state index in [0.29, 0.717) is 12.4 Å². The molecular formula is C19H16F3N3O3. The maximum Gasteiger partial charge on any atom is 0.422 e. The van der Waals surface area contributed by atoms with Gasteiger partial charge in [-0.15, -0.1) is 0 Å². The Hall–Kier alpha value is -3.36. The SMILES string of the molecule is O=C(OCc1nccn1Cc1ccccc1)c1ccc(OCC(F)(F)F)nc1. The van der Waals surface area contributed by atoms with E-state index in [1.165, 1.54) is 12.1 Å². The summed E-state index contributed by atoms with van der Waals surface area (Å²) in [5, 5.41) is 0. The lowest BCUT2D eigenvalue weighted by atomic mass is 10.2. The van der Waals surface area contributed by atoms with Crippen molar-refractivity contribution in [1.82, 2.24) is 14.5 Å². The first-order valence-electron chi connectivity index (χ1n) is 8.27. The molecule has 0 bridgehead atoms. The summed E-state index contributed by atoms with van der Waals surface area (Å²) in [5.41, 5.74) is 1.17. The van der Waals surface area contributed by atoms with Crippen molar-refractivity contribution in [3.8, 4) is 5.88 Å². The van der Waals surface area contributed by atoms with Crippen LogP contribution in [0, 0.1) is 0 Å². The van der Waals surface area contributed by atoms with E-state index in [4.69, 9.17) is 4.74 Å². The van der Waals surface area contributed by atoms with E-state index >= 15 is 0 Å². The van der Waals surface area contributed by atoms with E-state index in [0.717, 1.165) is 11.8 Å². The number of pyridine rings is 1. The second-order valence-electron chi connectivity index (χ2n) is 5.82. The lowest BCUT2D eigenvalue weighted by Crippen LogP contribution is -2.19. The number of hydrogen-bond donors (Lipinski definition) is 0. The van der Waals surface area contributed by atoms with Crippen LogP contribution in [-0.2, 0) is 17.9 Å². The van der Waals surface area contributed by atoms with Gasteiger partial charge in [-0.3, -0.25) is 0 Å². The molecule has 1 aromatic carbocycles. The molecule has 0 saturated carbocycles. The minimum absolute atomic E-state index is 0.0506. The molecule has 0 aliphatic rings. The van der Waals surface area contributed by atoms with Crippen molar-refractivity contribution in [2.75, 3.05) is 6.61 Å². The average Bonchev–Trinajstić information content (AvgIpc) is 3.12. The van der Waals surface area contributed by atoms with Crippen LogP contribution in [0.25, 0.3) is 0 Å². The number of esters is 1. The fourth-order valence-electron chi connectivity index (χ4n) is 2.36. The van der Waals surface area contributed by atoms with E-state index in [9.17, 15) is 18.0 Å². The maximum absolute atomic E-state index is 12.1. The monoisotopic (exact) mass is 391 g/mol. The van der Waals surface area contributed by atoms with Crippen LogP contribution in [-0.4, -0.2) is 33.3 Å². The number of carbonyl (C=O) groups excluding carboxylic acids is 1. The first-order chi connectivity index (χ1) is 13.4. The zero-order valence-corrected chi connectivity index (χ0v) is 14.6. The average molecular weight is 391 g/mol. The molecule has 2 aromatic heterocycles. The zero-order valence-electron chi connectivity index (χ0n) is 14.6. The Morgan fingerprint density at radius 1 is 1.07 bits per heavy atom. The highest BCUT2D eigenvalue weighted by Crippen LogP contribution is 2.17. The third-order valence-electron chi connectivity index (χ3n) is 3.69. The summed E-state index contributed by atoms with van der Waals surface area (Å²) < 4.78 is 47.9. The first kappa shape index (κ1) is 19.4. The second-order valence-corrected chi connectivity index (χ2v) is 5.82. The lowest BCUT2D eigenvalue weighted by molar-refractivity contribution is -0.154.